The first-order chi connectivity index (χ1) is 15.0. The Morgan fingerprint density at radius 1 is 1.26 bits per heavy atom. The maximum atomic E-state index is 12.5. The van der Waals surface area contributed by atoms with Crippen molar-refractivity contribution in [2.24, 2.45) is 0 Å². The number of aromatic hydroxyl groups is 1. The number of fused-ring (bicyclic) bond motifs is 1. The van der Waals surface area contributed by atoms with Crippen LogP contribution in [0.5, 0.6) is 11.5 Å². The Hall–Kier alpha value is -3.32. The first-order valence-corrected chi connectivity index (χ1v) is 10.5. The van der Waals surface area contributed by atoms with E-state index in [1.807, 2.05) is 30.3 Å². The molecule has 3 aromatic rings. The maximum Gasteiger partial charge on any atom is 0.257 e. The summed E-state index contributed by atoms with van der Waals surface area (Å²) in [6, 6.07) is 13.8. The minimum absolute atomic E-state index is 0.0809. The molecular formula is C24H26N2O5. The van der Waals surface area contributed by atoms with Crippen molar-refractivity contribution in [1.82, 2.24) is 10.2 Å². The van der Waals surface area contributed by atoms with Crippen molar-refractivity contribution >= 4 is 16.9 Å². The van der Waals surface area contributed by atoms with Crippen LogP contribution < -0.4 is 15.5 Å². The van der Waals surface area contributed by atoms with E-state index in [4.69, 9.17) is 9.15 Å². The minimum Gasteiger partial charge on any atom is -0.507 e. The predicted octanol–water partition coefficient (Wildman–Crippen LogP) is 3.14. The average Bonchev–Trinajstić information content (AvgIpc) is 3.24. The van der Waals surface area contributed by atoms with E-state index in [-0.39, 0.29) is 40.4 Å². The predicted molar refractivity (Wildman–Crippen MR) is 118 cm³/mol. The number of likely N-dealkylation sites (tertiary alicyclic amines) is 1. The first-order valence-electron chi connectivity index (χ1n) is 10.5. The molecule has 0 aliphatic carbocycles. The molecular weight excluding hydrogens is 396 g/mol. The number of hydrogen-bond donors (Lipinski definition) is 2. The molecule has 162 valence electrons. The lowest BCUT2D eigenvalue weighted by atomic mass is 10.1. The van der Waals surface area contributed by atoms with Crippen molar-refractivity contribution in [3.05, 3.63) is 58.8 Å². The van der Waals surface area contributed by atoms with E-state index in [1.165, 1.54) is 18.2 Å². The molecule has 2 heterocycles. The molecule has 4 rings (SSSR count). The van der Waals surface area contributed by atoms with Crippen LogP contribution in [0.3, 0.4) is 0 Å². The molecule has 1 aliphatic heterocycles. The Balaban J connectivity index is 1.46. The Morgan fingerprint density at radius 3 is 2.84 bits per heavy atom. The number of carbonyl (C=O) groups is 1. The third-order valence-corrected chi connectivity index (χ3v) is 5.65. The van der Waals surface area contributed by atoms with Gasteiger partial charge in [0, 0.05) is 36.3 Å². The molecule has 2 aromatic carbocycles. The smallest absolute Gasteiger partial charge is 0.257 e. The maximum absolute atomic E-state index is 12.5. The van der Waals surface area contributed by atoms with Gasteiger partial charge in [0.25, 0.3) is 5.91 Å². The zero-order chi connectivity index (χ0) is 21.8. The molecule has 0 spiro atoms. The molecule has 2 N–H and O–H groups in total. The van der Waals surface area contributed by atoms with Crippen LogP contribution in [-0.2, 0) is 4.79 Å². The fourth-order valence-corrected chi connectivity index (χ4v) is 4.05. The Labute approximate surface area is 180 Å². The van der Waals surface area contributed by atoms with Gasteiger partial charge in [-0.15, -0.1) is 0 Å². The highest BCUT2D eigenvalue weighted by Gasteiger charge is 2.23. The monoisotopic (exact) mass is 422 g/mol. The van der Waals surface area contributed by atoms with Crippen LogP contribution in [0.15, 0.2) is 57.7 Å². The number of carbonyl (C=O) groups excluding carboxylic acids is 1. The lowest BCUT2D eigenvalue weighted by Gasteiger charge is -2.22. The Bertz CT molecular complexity index is 1130. The fraction of sp³-hybridized carbons (Fsp3) is 0.333. The van der Waals surface area contributed by atoms with E-state index in [0.717, 1.165) is 31.5 Å². The van der Waals surface area contributed by atoms with Crippen LogP contribution in [0, 0.1) is 0 Å². The highest BCUT2D eigenvalue weighted by molar-refractivity contribution is 5.86. The zero-order valence-electron chi connectivity index (χ0n) is 17.5. The van der Waals surface area contributed by atoms with Gasteiger partial charge in [-0.3, -0.25) is 14.5 Å². The molecule has 1 saturated heterocycles. The van der Waals surface area contributed by atoms with Crippen molar-refractivity contribution in [3.8, 4) is 22.8 Å². The van der Waals surface area contributed by atoms with E-state index >= 15 is 0 Å². The second-order valence-corrected chi connectivity index (χ2v) is 7.67. The Morgan fingerprint density at radius 2 is 2.06 bits per heavy atom. The third kappa shape index (κ3) is 4.72. The Kier molecular flexibility index (Phi) is 6.23. The number of phenols is 1. The van der Waals surface area contributed by atoms with Gasteiger partial charge in [-0.2, -0.15) is 0 Å². The van der Waals surface area contributed by atoms with Gasteiger partial charge in [0.2, 0.25) is 0 Å². The molecule has 0 saturated carbocycles. The highest BCUT2D eigenvalue weighted by atomic mass is 16.5. The lowest BCUT2D eigenvalue weighted by Crippen LogP contribution is -2.41. The topological polar surface area (TPSA) is 92.0 Å². The van der Waals surface area contributed by atoms with Crippen LogP contribution in [-0.4, -0.2) is 48.2 Å². The van der Waals surface area contributed by atoms with Gasteiger partial charge in [0.1, 0.15) is 28.2 Å². The van der Waals surface area contributed by atoms with Crippen molar-refractivity contribution in [1.29, 1.82) is 0 Å². The summed E-state index contributed by atoms with van der Waals surface area (Å²) in [5.74, 6) is 0.168. The second-order valence-electron chi connectivity index (χ2n) is 7.67. The average molecular weight is 422 g/mol. The summed E-state index contributed by atoms with van der Waals surface area (Å²) in [5.41, 5.74) is 0.602. The van der Waals surface area contributed by atoms with Crippen LogP contribution in [0.4, 0.5) is 0 Å². The van der Waals surface area contributed by atoms with Gasteiger partial charge in [-0.25, -0.2) is 0 Å². The summed E-state index contributed by atoms with van der Waals surface area (Å²) in [4.78, 5) is 27.1. The molecule has 1 aliphatic rings. The van der Waals surface area contributed by atoms with Gasteiger partial charge in [-0.1, -0.05) is 37.3 Å². The van der Waals surface area contributed by atoms with Gasteiger partial charge < -0.3 is 19.6 Å². The summed E-state index contributed by atoms with van der Waals surface area (Å²) in [5, 5.41) is 13.3. The summed E-state index contributed by atoms with van der Waals surface area (Å²) < 4.78 is 11.4. The van der Waals surface area contributed by atoms with Crippen molar-refractivity contribution in [2.45, 2.75) is 25.8 Å². The molecule has 0 radical (unpaired) electrons. The van der Waals surface area contributed by atoms with Crippen molar-refractivity contribution < 1.29 is 19.1 Å². The number of nitrogens with zero attached hydrogens (tertiary/aromatic N) is 1. The third-order valence-electron chi connectivity index (χ3n) is 5.65. The summed E-state index contributed by atoms with van der Waals surface area (Å²) >= 11 is 0. The summed E-state index contributed by atoms with van der Waals surface area (Å²) in [7, 11) is 0. The minimum atomic E-state index is -0.348. The molecule has 1 atom stereocenters. The number of phenolic OH excluding ortho intramolecular Hbond substituents is 1. The zero-order valence-corrected chi connectivity index (χ0v) is 17.5. The van der Waals surface area contributed by atoms with E-state index < -0.39 is 0 Å². The van der Waals surface area contributed by atoms with E-state index in [2.05, 4.69) is 17.1 Å². The molecule has 1 fully saturated rings. The molecule has 31 heavy (non-hydrogen) atoms. The molecule has 1 aromatic heterocycles. The van der Waals surface area contributed by atoms with Crippen LogP contribution in [0.2, 0.25) is 0 Å². The number of amides is 1. The molecule has 0 bridgehead atoms. The standard InChI is InChI=1S/C24H26N2O5/c1-2-26-10-6-9-17(26)14-25-23(29)15-30-18-11-19(27)24-20(28)13-21(31-22(24)12-18)16-7-4-3-5-8-16/h3-5,7-8,11-13,17,27H,2,6,9-10,14-15H2,1H3,(H,25,29)/t17-/m1/s1. The van der Waals surface area contributed by atoms with Crippen LogP contribution in [0.1, 0.15) is 19.8 Å². The van der Waals surface area contributed by atoms with Gasteiger partial charge in [0.05, 0.1) is 0 Å². The summed E-state index contributed by atoms with van der Waals surface area (Å²) in [6.45, 7) is 4.57. The number of nitrogens with one attached hydrogen (secondary N) is 1. The number of rotatable bonds is 7. The number of benzene rings is 2. The lowest BCUT2D eigenvalue weighted by molar-refractivity contribution is -0.123. The molecule has 7 heteroatoms. The second kappa shape index (κ2) is 9.22. The number of hydrogen-bond acceptors (Lipinski definition) is 6. The van der Waals surface area contributed by atoms with Crippen LogP contribution >= 0.6 is 0 Å². The first kappa shape index (κ1) is 20.9. The van der Waals surface area contributed by atoms with Gasteiger partial charge >= 0.3 is 0 Å². The number of likely N-dealkylation sites (N-methyl/N-ethyl adjacent to an activating group) is 1. The van der Waals surface area contributed by atoms with Crippen LogP contribution in [0.25, 0.3) is 22.3 Å². The largest absolute Gasteiger partial charge is 0.507 e. The van der Waals surface area contributed by atoms with E-state index in [9.17, 15) is 14.7 Å². The quantitative estimate of drug-likeness (QED) is 0.608. The highest BCUT2D eigenvalue weighted by Crippen LogP contribution is 2.31. The molecule has 7 nitrogen and oxygen atoms in total. The fourth-order valence-electron chi connectivity index (χ4n) is 4.05. The molecule has 0 unspecified atom stereocenters. The SMILES string of the molecule is CCN1CCC[C@@H]1CNC(=O)COc1cc(O)c2c(=O)cc(-c3ccccc3)oc2c1. The van der Waals surface area contributed by atoms with Crippen molar-refractivity contribution in [2.75, 3.05) is 26.2 Å². The van der Waals surface area contributed by atoms with Gasteiger partial charge in [0.15, 0.2) is 12.0 Å². The van der Waals surface area contributed by atoms with E-state index in [1.54, 1.807) is 0 Å². The summed E-state index contributed by atoms with van der Waals surface area (Å²) in [6.07, 6.45) is 2.23. The van der Waals surface area contributed by atoms with Crippen molar-refractivity contribution in [3.63, 3.8) is 0 Å². The van der Waals surface area contributed by atoms with E-state index in [0.29, 0.717) is 18.3 Å². The van der Waals surface area contributed by atoms with Gasteiger partial charge in [-0.05, 0) is 25.9 Å². The normalized spacial score (nSPS) is 16.5. The molecule has 1 amide bonds. The number of ether oxygens (including phenoxy) is 1.